The third-order valence-corrected chi connectivity index (χ3v) is 6.35. The summed E-state index contributed by atoms with van der Waals surface area (Å²) in [6.07, 6.45) is -3.68. The maximum atomic E-state index is 13.4. The number of hydrogen-bond acceptors (Lipinski definition) is 4. The number of nitrogens with zero attached hydrogens (tertiary/aromatic N) is 5. The molecule has 1 aliphatic rings. The number of benzene rings is 1. The molecule has 0 bridgehead atoms. The first-order valence-electron chi connectivity index (χ1n) is 12.4. The van der Waals surface area contributed by atoms with E-state index in [0.29, 0.717) is 37.8 Å². The van der Waals surface area contributed by atoms with Crippen molar-refractivity contribution in [3.05, 3.63) is 47.3 Å². The summed E-state index contributed by atoms with van der Waals surface area (Å²) in [5.41, 5.74) is 1.06. The lowest BCUT2D eigenvalue weighted by atomic mass is 10.1. The summed E-state index contributed by atoms with van der Waals surface area (Å²) in [5.74, 6) is 0.238. The van der Waals surface area contributed by atoms with E-state index in [1.54, 1.807) is 23.6 Å². The molecular weight excluding hydrogens is 471 g/mol. The molecule has 0 unspecified atom stereocenters. The van der Waals surface area contributed by atoms with E-state index >= 15 is 0 Å². The molecule has 0 N–H and O–H groups in total. The quantitative estimate of drug-likeness (QED) is 0.604. The number of carbonyl (C=O) groups excluding carboxylic acids is 2. The molecule has 1 aromatic heterocycles. The van der Waals surface area contributed by atoms with Crippen LogP contribution in [0.25, 0.3) is 0 Å². The Labute approximate surface area is 210 Å². The van der Waals surface area contributed by atoms with Crippen molar-refractivity contribution >= 4 is 17.5 Å². The Balaban J connectivity index is 1.83. The molecule has 0 aliphatic carbocycles. The van der Waals surface area contributed by atoms with Gasteiger partial charge in [-0.05, 0) is 43.5 Å². The van der Waals surface area contributed by atoms with Gasteiger partial charge in [0.2, 0.25) is 11.8 Å². The lowest BCUT2D eigenvalue weighted by Crippen LogP contribution is -2.40. The number of anilines is 1. The van der Waals surface area contributed by atoms with Gasteiger partial charge in [0.05, 0.1) is 0 Å². The zero-order valence-corrected chi connectivity index (χ0v) is 21.5. The maximum absolute atomic E-state index is 13.4. The van der Waals surface area contributed by atoms with Gasteiger partial charge >= 0.3 is 6.18 Å². The molecule has 0 fully saturated rings. The topological polar surface area (TPSA) is 61.7 Å². The minimum Gasteiger partial charge on any atom is -0.337 e. The van der Waals surface area contributed by atoms with Crippen LogP contribution in [0.2, 0.25) is 0 Å². The largest absolute Gasteiger partial charge is 0.435 e. The normalized spacial score (nSPS) is 16.1. The summed E-state index contributed by atoms with van der Waals surface area (Å²) >= 11 is 0. The van der Waals surface area contributed by atoms with Crippen molar-refractivity contribution in [2.24, 2.45) is 5.92 Å². The van der Waals surface area contributed by atoms with Crippen molar-refractivity contribution in [1.29, 1.82) is 0 Å². The summed E-state index contributed by atoms with van der Waals surface area (Å²) < 4.78 is 40.3. The highest BCUT2D eigenvalue weighted by molar-refractivity contribution is 5.92. The molecule has 1 aromatic carbocycles. The monoisotopic (exact) mass is 507 g/mol. The van der Waals surface area contributed by atoms with E-state index in [-0.39, 0.29) is 24.8 Å². The van der Waals surface area contributed by atoms with Crippen LogP contribution in [0.4, 0.5) is 18.9 Å². The van der Waals surface area contributed by atoms with Gasteiger partial charge in [0.25, 0.3) is 0 Å². The van der Waals surface area contributed by atoms with E-state index in [2.05, 4.69) is 23.8 Å². The summed E-state index contributed by atoms with van der Waals surface area (Å²) in [6, 6.07) is 8.58. The van der Waals surface area contributed by atoms with Crippen molar-refractivity contribution < 1.29 is 22.8 Å². The van der Waals surface area contributed by atoms with Gasteiger partial charge in [0.1, 0.15) is 0 Å². The van der Waals surface area contributed by atoms with Crippen molar-refractivity contribution in [2.75, 3.05) is 37.6 Å². The Bertz CT molecular complexity index is 1050. The van der Waals surface area contributed by atoms with Gasteiger partial charge in [-0.1, -0.05) is 32.0 Å². The molecule has 36 heavy (non-hydrogen) atoms. The van der Waals surface area contributed by atoms with E-state index in [1.165, 1.54) is 4.68 Å². The van der Waals surface area contributed by atoms with Crippen LogP contribution in [0, 0.1) is 12.8 Å². The van der Waals surface area contributed by atoms with Gasteiger partial charge in [0.15, 0.2) is 5.69 Å². The molecule has 198 valence electrons. The molecule has 2 amide bonds. The molecule has 1 aliphatic heterocycles. The zero-order chi connectivity index (χ0) is 26.5. The first-order valence-corrected chi connectivity index (χ1v) is 12.4. The van der Waals surface area contributed by atoms with Gasteiger partial charge in [-0.25, -0.2) is 0 Å². The van der Waals surface area contributed by atoms with Gasteiger partial charge in [0, 0.05) is 64.0 Å². The van der Waals surface area contributed by atoms with Crippen molar-refractivity contribution in [1.82, 2.24) is 19.6 Å². The second-order valence-corrected chi connectivity index (χ2v) is 9.80. The van der Waals surface area contributed by atoms with Crippen molar-refractivity contribution in [2.45, 2.75) is 59.8 Å². The molecule has 0 radical (unpaired) electrons. The van der Waals surface area contributed by atoms with E-state index in [1.807, 2.05) is 24.3 Å². The van der Waals surface area contributed by atoms with Crippen LogP contribution in [0.5, 0.6) is 0 Å². The Morgan fingerprint density at radius 2 is 1.81 bits per heavy atom. The molecule has 0 atom stereocenters. The highest BCUT2D eigenvalue weighted by Gasteiger charge is 2.34. The molecule has 0 spiro atoms. The number of rotatable bonds is 5. The summed E-state index contributed by atoms with van der Waals surface area (Å²) in [6.45, 7) is 11.2. The fourth-order valence-electron chi connectivity index (χ4n) is 4.61. The lowest BCUT2D eigenvalue weighted by Gasteiger charge is -2.29. The maximum Gasteiger partial charge on any atom is 0.435 e. The number of para-hydroxylation sites is 1. The SMILES string of the molecule is CC(=O)N1CCCN(CC(C)C)CCN(C(=O)CCn2nc(C(F)(F)F)cc2C)Cc2ccccc21. The molecule has 10 heteroatoms. The van der Waals surface area contributed by atoms with Gasteiger partial charge < -0.3 is 14.7 Å². The average molecular weight is 508 g/mol. The lowest BCUT2D eigenvalue weighted by molar-refractivity contribution is -0.141. The number of aryl methyl sites for hydroxylation is 2. The van der Waals surface area contributed by atoms with Crippen molar-refractivity contribution in [3.63, 3.8) is 0 Å². The molecule has 2 aromatic rings. The predicted molar refractivity (Wildman–Crippen MR) is 132 cm³/mol. The minimum atomic E-state index is -4.52. The van der Waals surface area contributed by atoms with Crippen LogP contribution in [-0.4, -0.2) is 64.1 Å². The third-order valence-electron chi connectivity index (χ3n) is 6.35. The number of alkyl halides is 3. The number of hydrogen-bond donors (Lipinski definition) is 0. The van der Waals surface area contributed by atoms with Gasteiger partial charge in [-0.3, -0.25) is 14.3 Å². The van der Waals surface area contributed by atoms with E-state index < -0.39 is 11.9 Å². The fraction of sp³-hybridized carbons (Fsp3) is 0.577. The minimum absolute atomic E-state index is 0.0303. The number of carbonyl (C=O) groups is 2. The summed E-state index contributed by atoms with van der Waals surface area (Å²) in [7, 11) is 0. The number of halogens is 3. The second kappa shape index (κ2) is 11.9. The molecule has 0 saturated heterocycles. The van der Waals surface area contributed by atoms with Gasteiger partial charge in [-0.15, -0.1) is 0 Å². The molecular formula is C26H36F3N5O2. The van der Waals surface area contributed by atoms with Crippen LogP contribution in [-0.2, 0) is 28.9 Å². The fourth-order valence-corrected chi connectivity index (χ4v) is 4.61. The van der Waals surface area contributed by atoms with E-state index in [0.717, 1.165) is 36.8 Å². The van der Waals surface area contributed by atoms with Crippen LogP contribution < -0.4 is 4.90 Å². The molecule has 0 saturated carbocycles. The van der Waals surface area contributed by atoms with Crippen molar-refractivity contribution in [3.8, 4) is 0 Å². The van der Waals surface area contributed by atoms with Crippen LogP contribution in [0.15, 0.2) is 30.3 Å². The van der Waals surface area contributed by atoms with Crippen LogP contribution >= 0.6 is 0 Å². The second-order valence-electron chi connectivity index (χ2n) is 9.80. The third kappa shape index (κ3) is 7.32. The molecule has 7 nitrogen and oxygen atoms in total. The summed E-state index contributed by atoms with van der Waals surface area (Å²) in [5, 5.41) is 3.65. The Morgan fingerprint density at radius 3 is 2.44 bits per heavy atom. The number of aromatic nitrogens is 2. The molecule has 2 heterocycles. The highest BCUT2D eigenvalue weighted by atomic mass is 19.4. The van der Waals surface area contributed by atoms with E-state index in [4.69, 9.17) is 0 Å². The van der Waals surface area contributed by atoms with Crippen LogP contribution in [0.1, 0.15) is 50.6 Å². The Morgan fingerprint density at radius 1 is 1.08 bits per heavy atom. The predicted octanol–water partition coefficient (Wildman–Crippen LogP) is 4.34. The van der Waals surface area contributed by atoms with Gasteiger partial charge in [-0.2, -0.15) is 18.3 Å². The number of amides is 2. The van der Waals surface area contributed by atoms with E-state index in [9.17, 15) is 22.8 Å². The highest BCUT2D eigenvalue weighted by Crippen LogP contribution is 2.28. The molecule has 3 rings (SSSR count). The number of fused-ring (bicyclic) bond motifs is 1. The first-order chi connectivity index (χ1) is 17.0. The summed E-state index contributed by atoms with van der Waals surface area (Å²) in [4.78, 5) is 31.7. The zero-order valence-electron chi connectivity index (χ0n) is 21.5. The smallest absolute Gasteiger partial charge is 0.337 e. The standard InChI is InChI=1S/C26H36F3N5O2/c1-19(2)17-31-11-7-12-33(21(4)35)23-9-6-5-8-22(23)18-32(15-14-31)25(36)10-13-34-20(3)16-24(30-34)26(27,28)29/h5-6,8-9,16,19H,7,10-15,17-18H2,1-4H3. The average Bonchev–Trinajstić information content (AvgIpc) is 3.16. The van der Waals surface area contributed by atoms with Crippen LogP contribution in [0.3, 0.4) is 0 Å². The first kappa shape index (κ1) is 27.7. The Hall–Kier alpha value is -2.88. The Kier molecular flexibility index (Phi) is 9.16.